The third kappa shape index (κ3) is 5.46. The minimum atomic E-state index is 0.572. The van der Waals surface area contributed by atoms with Gasteiger partial charge in [-0.15, -0.1) is 0 Å². The molecule has 43 heavy (non-hydrogen) atoms. The molecule has 0 N–H and O–H groups in total. The predicted octanol–water partition coefficient (Wildman–Crippen LogP) is 7.08. The number of rotatable bonds is 6. The van der Waals surface area contributed by atoms with Gasteiger partial charge < -0.3 is 14.4 Å². The lowest BCUT2D eigenvalue weighted by atomic mass is 9.81. The highest BCUT2D eigenvalue weighted by atomic mass is 15.3. The zero-order chi connectivity index (χ0) is 29.3. The zero-order valence-corrected chi connectivity index (χ0v) is 25.3. The van der Waals surface area contributed by atoms with Crippen LogP contribution in [-0.4, -0.2) is 53.7 Å². The average Bonchev–Trinajstić information content (AvgIpc) is 3.40. The third-order valence-electron chi connectivity index (χ3n) is 9.83. The van der Waals surface area contributed by atoms with Crippen LogP contribution in [0.25, 0.3) is 21.8 Å². The van der Waals surface area contributed by atoms with E-state index in [4.69, 9.17) is 4.98 Å². The quantitative estimate of drug-likeness (QED) is 0.219. The van der Waals surface area contributed by atoms with E-state index in [1.165, 1.54) is 64.5 Å². The van der Waals surface area contributed by atoms with E-state index in [0.29, 0.717) is 12.0 Å². The molecule has 0 unspecified atom stereocenters. The SMILES string of the molecule is CN(Cc1ccccc1)c1cc(N2CCN(C3CCC(c4cn(C)c5ccc(C#N)cc45)CC3)CC2)c2ncccc2c1. The van der Waals surface area contributed by atoms with Crippen LogP contribution in [0, 0.1) is 11.3 Å². The molecule has 6 nitrogen and oxygen atoms in total. The minimum Gasteiger partial charge on any atom is -0.370 e. The zero-order valence-electron chi connectivity index (χ0n) is 25.3. The second kappa shape index (κ2) is 11.7. The summed E-state index contributed by atoms with van der Waals surface area (Å²) < 4.78 is 2.23. The Hall–Kier alpha value is -4.34. The van der Waals surface area contributed by atoms with Crippen molar-refractivity contribution in [2.75, 3.05) is 43.0 Å². The van der Waals surface area contributed by atoms with Crippen molar-refractivity contribution in [2.45, 2.75) is 44.2 Å². The fourth-order valence-electron chi connectivity index (χ4n) is 7.47. The second-order valence-electron chi connectivity index (χ2n) is 12.4. The average molecular weight is 569 g/mol. The smallest absolute Gasteiger partial charge is 0.0991 e. The summed E-state index contributed by atoms with van der Waals surface area (Å²) in [5.74, 6) is 0.572. The van der Waals surface area contributed by atoms with Gasteiger partial charge in [-0.3, -0.25) is 9.88 Å². The molecule has 1 aliphatic carbocycles. The highest BCUT2D eigenvalue weighted by Gasteiger charge is 2.30. The maximum atomic E-state index is 9.45. The van der Waals surface area contributed by atoms with E-state index in [1.54, 1.807) is 0 Å². The molecule has 2 aromatic heterocycles. The van der Waals surface area contributed by atoms with E-state index >= 15 is 0 Å². The van der Waals surface area contributed by atoms with Crippen LogP contribution in [0.1, 0.15) is 48.3 Å². The Morgan fingerprint density at radius 3 is 2.47 bits per heavy atom. The van der Waals surface area contributed by atoms with Crippen molar-refractivity contribution in [1.29, 1.82) is 5.26 Å². The monoisotopic (exact) mass is 568 g/mol. The molecular formula is C37H40N6. The van der Waals surface area contributed by atoms with Gasteiger partial charge in [-0.05, 0) is 79.1 Å². The molecule has 3 heterocycles. The van der Waals surface area contributed by atoms with Crippen LogP contribution < -0.4 is 9.80 Å². The molecule has 0 radical (unpaired) electrons. The Morgan fingerprint density at radius 2 is 1.70 bits per heavy atom. The summed E-state index contributed by atoms with van der Waals surface area (Å²) in [5, 5.41) is 11.9. The fourth-order valence-corrected chi connectivity index (χ4v) is 7.47. The maximum absolute atomic E-state index is 9.45. The van der Waals surface area contributed by atoms with Gasteiger partial charge in [0.15, 0.2) is 0 Å². The molecule has 1 aliphatic heterocycles. The number of hydrogen-bond donors (Lipinski definition) is 0. The van der Waals surface area contributed by atoms with Crippen molar-refractivity contribution in [3.63, 3.8) is 0 Å². The fraction of sp³-hybridized carbons (Fsp3) is 0.351. The van der Waals surface area contributed by atoms with Crippen molar-refractivity contribution >= 4 is 33.2 Å². The molecule has 2 aliphatic rings. The normalized spacial score (nSPS) is 19.5. The van der Waals surface area contributed by atoms with Gasteiger partial charge in [0.2, 0.25) is 0 Å². The van der Waals surface area contributed by atoms with E-state index in [-0.39, 0.29) is 0 Å². The van der Waals surface area contributed by atoms with Gasteiger partial charge in [-0.2, -0.15) is 5.26 Å². The molecule has 7 rings (SSSR count). The summed E-state index contributed by atoms with van der Waals surface area (Å²) in [7, 11) is 4.31. The number of hydrogen-bond acceptors (Lipinski definition) is 5. The van der Waals surface area contributed by atoms with Gasteiger partial charge in [0, 0.05) is 87.2 Å². The number of nitrogens with zero attached hydrogens (tertiary/aromatic N) is 6. The summed E-state index contributed by atoms with van der Waals surface area (Å²) in [5.41, 5.74) is 8.30. The van der Waals surface area contributed by atoms with Crippen molar-refractivity contribution in [2.24, 2.45) is 7.05 Å². The van der Waals surface area contributed by atoms with Crippen LogP contribution in [0.2, 0.25) is 0 Å². The Labute approximate surface area is 254 Å². The molecular weight excluding hydrogens is 528 g/mol. The van der Waals surface area contributed by atoms with Crippen LogP contribution in [0.3, 0.4) is 0 Å². The topological polar surface area (TPSA) is 51.3 Å². The molecule has 2 fully saturated rings. The lowest BCUT2D eigenvalue weighted by Gasteiger charge is -2.43. The number of fused-ring (bicyclic) bond motifs is 2. The molecule has 5 aromatic rings. The Bertz CT molecular complexity index is 1770. The number of aryl methyl sites for hydroxylation is 1. The van der Waals surface area contributed by atoms with Gasteiger partial charge in [0.1, 0.15) is 0 Å². The first-order chi connectivity index (χ1) is 21.1. The molecule has 0 bridgehead atoms. The largest absolute Gasteiger partial charge is 0.370 e. The first-order valence-electron chi connectivity index (χ1n) is 15.7. The molecule has 3 aromatic carbocycles. The van der Waals surface area contributed by atoms with Gasteiger partial charge in [-0.1, -0.05) is 36.4 Å². The van der Waals surface area contributed by atoms with E-state index < -0.39 is 0 Å². The lowest BCUT2D eigenvalue weighted by Crippen LogP contribution is -2.51. The Balaban J connectivity index is 1.03. The van der Waals surface area contributed by atoms with Crippen molar-refractivity contribution in [1.82, 2.24) is 14.5 Å². The molecule has 0 spiro atoms. The standard InChI is InChI=1S/C37H40N6/c1-40(25-27-7-4-3-5-8-27)32-22-30-9-6-16-39-37(30)36(23-32)43-19-17-42(18-20-43)31-13-11-29(12-14-31)34-26-41(2)35-15-10-28(24-38)21-33(34)35/h3-10,15-16,21-23,26,29,31H,11-14,17-20,25H2,1-2H3. The van der Waals surface area contributed by atoms with Gasteiger partial charge in [0.05, 0.1) is 22.8 Å². The van der Waals surface area contributed by atoms with Crippen molar-refractivity contribution in [3.8, 4) is 6.07 Å². The van der Waals surface area contributed by atoms with Crippen LogP contribution in [0.4, 0.5) is 11.4 Å². The maximum Gasteiger partial charge on any atom is 0.0991 e. The van der Waals surface area contributed by atoms with Crippen LogP contribution in [0.15, 0.2) is 85.2 Å². The summed E-state index contributed by atoms with van der Waals surface area (Å²) in [6.45, 7) is 5.11. The predicted molar refractivity (Wildman–Crippen MR) is 177 cm³/mol. The minimum absolute atomic E-state index is 0.572. The number of piperazine rings is 1. The van der Waals surface area contributed by atoms with Gasteiger partial charge in [0.25, 0.3) is 0 Å². The van der Waals surface area contributed by atoms with Gasteiger partial charge >= 0.3 is 0 Å². The number of benzene rings is 3. The van der Waals surface area contributed by atoms with Crippen LogP contribution in [-0.2, 0) is 13.6 Å². The number of nitriles is 1. The second-order valence-corrected chi connectivity index (χ2v) is 12.4. The Kier molecular flexibility index (Phi) is 7.51. The molecule has 1 saturated carbocycles. The van der Waals surface area contributed by atoms with E-state index in [2.05, 4.69) is 106 Å². The summed E-state index contributed by atoms with van der Waals surface area (Å²) >= 11 is 0. The van der Waals surface area contributed by atoms with E-state index in [1.807, 2.05) is 18.3 Å². The van der Waals surface area contributed by atoms with Crippen LogP contribution >= 0.6 is 0 Å². The van der Waals surface area contributed by atoms with Gasteiger partial charge in [-0.25, -0.2) is 0 Å². The molecule has 1 saturated heterocycles. The van der Waals surface area contributed by atoms with E-state index in [0.717, 1.165) is 43.8 Å². The summed E-state index contributed by atoms with van der Waals surface area (Å²) in [4.78, 5) is 12.5. The summed E-state index contributed by atoms with van der Waals surface area (Å²) in [6, 6.07) is 28.6. The van der Waals surface area contributed by atoms with Crippen LogP contribution in [0.5, 0.6) is 0 Å². The van der Waals surface area contributed by atoms with E-state index in [9.17, 15) is 5.26 Å². The first-order valence-corrected chi connectivity index (χ1v) is 15.7. The molecule has 0 amide bonds. The summed E-state index contributed by atoms with van der Waals surface area (Å²) in [6.07, 6.45) is 9.13. The first kappa shape index (κ1) is 27.5. The third-order valence-corrected chi connectivity index (χ3v) is 9.83. The lowest BCUT2D eigenvalue weighted by molar-refractivity contribution is 0.141. The molecule has 218 valence electrons. The number of aromatic nitrogens is 2. The Morgan fingerprint density at radius 1 is 0.907 bits per heavy atom. The highest BCUT2D eigenvalue weighted by molar-refractivity contribution is 5.94. The van der Waals surface area contributed by atoms with Crippen molar-refractivity contribution in [3.05, 3.63) is 102 Å². The highest BCUT2D eigenvalue weighted by Crippen LogP contribution is 2.39. The van der Waals surface area contributed by atoms with Crippen molar-refractivity contribution < 1.29 is 0 Å². The molecule has 0 atom stereocenters. The number of anilines is 2. The molecule has 6 heteroatoms. The number of pyridine rings is 1.